The van der Waals surface area contributed by atoms with Gasteiger partial charge in [-0.05, 0) is 53.4 Å². The van der Waals surface area contributed by atoms with E-state index in [9.17, 15) is 4.79 Å². The van der Waals surface area contributed by atoms with Crippen LogP contribution in [-0.4, -0.2) is 29.6 Å². The van der Waals surface area contributed by atoms with Crippen LogP contribution in [-0.2, 0) is 4.79 Å². The summed E-state index contributed by atoms with van der Waals surface area (Å²) >= 11 is 0. The van der Waals surface area contributed by atoms with Gasteiger partial charge in [-0.1, -0.05) is 12.8 Å². The van der Waals surface area contributed by atoms with Gasteiger partial charge in [-0.25, -0.2) is 0 Å². The number of carbonyl (C=O) groups is 1. The largest absolute Gasteiger partial charge is 0.353 e. The summed E-state index contributed by atoms with van der Waals surface area (Å²) in [5.74, 6) is 0.191. The summed E-state index contributed by atoms with van der Waals surface area (Å²) < 4.78 is 0. The molecule has 2 rings (SSSR count). The van der Waals surface area contributed by atoms with Gasteiger partial charge in [-0.15, -0.1) is 0 Å². The highest BCUT2D eigenvalue weighted by Crippen LogP contribution is 2.38. The van der Waals surface area contributed by atoms with Gasteiger partial charge >= 0.3 is 0 Å². The highest BCUT2D eigenvalue weighted by atomic mass is 16.2. The maximum Gasteiger partial charge on any atom is 0.227 e. The lowest BCUT2D eigenvalue weighted by Crippen LogP contribution is -2.63. The second kappa shape index (κ2) is 5.30. The minimum absolute atomic E-state index is 0.0608. The van der Waals surface area contributed by atoms with Crippen LogP contribution < -0.4 is 16.4 Å². The van der Waals surface area contributed by atoms with Gasteiger partial charge in [0, 0.05) is 23.7 Å². The molecule has 1 heterocycles. The summed E-state index contributed by atoms with van der Waals surface area (Å²) in [4.78, 5) is 12.7. The molecule has 4 heteroatoms. The minimum atomic E-state index is -0.292. The fourth-order valence-corrected chi connectivity index (χ4v) is 4.34. The molecule has 1 amide bonds. The highest BCUT2D eigenvalue weighted by Gasteiger charge is 2.43. The highest BCUT2D eigenvalue weighted by molar-refractivity contribution is 5.83. The molecule has 2 fully saturated rings. The Kier molecular flexibility index (Phi) is 4.18. The molecule has 20 heavy (non-hydrogen) atoms. The van der Waals surface area contributed by atoms with Crippen LogP contribution in [0.5, 0.6) is 0 Å². The van der Waals surface area contributed by atoms with E-state index >= 15 is 0 Å². The van der Waals surface area contributed by atoms with E-state index in [1.807, 2.05) is 0 Å². The van der Waals surface area contributed by atoms with E-state index in [1.54, 1.807) is 0 Å². The molecule has 116 valence electrons. The van der Waals surface area contributed by atoms with Crippen molar-refractivity contribution in [2.45, 2.75) is 83.3 Å². The molecule has 0 aromatic carbocycles. The zero-order valence-corrected chi connectivity index (χ0v) is 13.5. The lowest BCUT2D eigenvalue weighted by molar-refractivity contribution is -0.131. The molecule has 0 spiro atoms. The molecule has 0 aromatic rings. The Morgan fingerprint density at radius 1 is 1.15 bits per heavy atom. The molecular formula is C16H31N3O. The standard InChI is InChI=1S/C16H31N3O/c1-14(2)9-12(10-15(3,4)19-14)18-13(20)16(11-17)7-5-6-8-16/h12,19H,5-11,17H2,1-4H3,(H,18,20). The quantitative estimate of drug-likeness (QED) is 0.740. The zero-order valence-electron chi connectivity index (χ0n) is 13.5. The van der Waals surface area contributed by atoms with Crippen molar-refractivity contribution in [2.75, 3.05) is 6.54 Å². The van der Waals surface area contributed by atoms with Gasteiger partial charge in [0.15, 0.2) is 0 Å². The van der Waals surface area contributed by atoms with Crippen molar-refractivity contribution >= 4 is 5.91 Å². The van der Waals surface area contributed by atoms with Gasteiger partial charge in [0.1, 0.15) is 0 Å². The van der Waals surface area contributed by atoms with Crippen LogP contribution in [0, 0.1) is 5.41 Å². The van der Waals surface area contributed by atoms with E-state index in [4.69, 9.17) is 5.73 Å². The van der Waals surface area contributed by atoms with E-state index < -0.39 is 0 Å². The summed E-state index contributed by atoms with van der Waals surface area (Å²) in [5, 5.41) is 6.96. The Balaban J connectivity index is 2.03. The lowest BCUT2D eigenvalue weighted by Gasteiger charge is -2.47. The number of piperidine rings is 1. The Morgan fingerprint density at radius 3 is 2.10 bits per heavy atom. The summed E-state index contributed by atoms with van der Waals surface area (Å²) in [5.41, 5.74) is 5.74. The third kappa shape index (κ3) is 3.34. The SMILES string of the molecule is CC1(C)CC(NC(=O)C2(CN)CCCC2)CC(C)(C)N1. The number of amides is 1. The fraction of sp³-hybridized carbons (Fsp3) is 0.938. The van der Waals surface area contributed by atoms with Crippen molar-refractivity contribution in [1.82, 2.24) is 10.6 Å². The summed E-state index contributed by atoms with van der Waals surface area (Å²) in [6, 6.07) is 0.248. The van der Waals surface area contributed by atoms with Crippen molar-refractivity contribution < 1.29 is 4.79 Å². The first-order chi connectivity index (χ1) is 9.18. The van der Waals surface area contributed by atoms with Crippen molar-refractivity contribution in [1.29, 1.82) is 0 Å². The Morgan fingerprint density at radius 2 is 1.65 bits per heavy atom. The van der Waals surface area contributed by atoms with Gasteiger partial charge in [-0.3, -0.25) is 4.79 Å². The van der Waals surface area contributed by atoms with Crippen LogP contribution in [0.4, 0.5) is 0 Å². The Bertz CT molecular complexity index is 354. The predicted molar refractivity (Wildman–Crippen MR) is 82.4 cm³/mol. The minimum Gasteiger partial charge on any atom is -0.353 e. The second-order valence-corrected chi connectivity index (χ2v) is 8.16. The molecular weight excluding hydrogens is 250 g/mol. The van der Waals surface area contributed by atoms with Crippen LogP contribution in [0.15, 0.2) is 0 Å². The molecule has 1 saturated heterocycles. The van der Waals surface area contributed by atoms with Crippen LogP contribution in [0.25, 0.3) is 0 Å². The first-order valence-electron chi connectivity index (χ1n) is 7.99. The van der Waals surface area contributed by atoms with Crippen molar-refractivity contribution in [3.63, 3.8) is 0 Å². The van der Waals surface area contributed by atoms with Gasteiger partial charge in [-0.2, -0.15) is 0 Å². The van der Waals surface area contributed by atoms with E-state index in [-0.39, 0.29) is 28.4 Å². The average Bonchev–Trinajstić information content (AvgIpc) is 2.73. The van der Waals surface area contributed by atoms with Gasteiger partial charge < -0.3 is 16.4 Å². The molecule has 1 aliphatic carbocycles. The Labute approximate surface area is 123 Å². The number of carbonyl (C=O) groups excluding carboxylic acids is 1. The number of hydrogen-bond acceptors (Lipinski definition) is 3. The number of rotatable bonds is 3. The summed E-state index contributed by atoms with van der Waals surface area (Å²) in [6.07, 6.45) is 6.12. The molecule has 0 bridgehead atoms. The van der Waals surface area contributed by atoms with E-state index in [1.165, 1.54) is 0 Å². The second-order valence-electron chi connectivity index (χ2n) is 8.16. The number of hydrogen-bond donors (Lipinski definition) is 3. The van der Waals surface area contributed by atoms with Crippen LogP contribution in [0.1, 0.15) is 66.2 Å². The van der Waals surface area contributed by atoms with Gasteiger partial charge in [0.2, 0.25) is 5.91 Å². The van der Waals surface area contributed by atoms with E-state index in [0.29, 0.717) is 6.54 Å². The van der Waals surface area contributed by atoms with E-state index in [2.05, 4.69) is 38.3 Å². The zero-order chi connectivity index (χ0) is 15.0. The first kappa shape index (κ1) is 15.8. The monoisotopic (exact) mass is 281 g/mol. The fourth-order valence-electron chi connectivity index (χ4n) is 4.34. The molecule has 0 atom stereocenters. The smallest absolute Gasteiger partial charge is 0.227 e. The first-order valence-corrected chi connectivity index (χ1v) is 7.99. The maximum absolute atomic E-state index is 12.7. The molecule has 0 unspecified atom stereocenters. The summed E-state index contributed by atoms with van der Waals surface area (Å²) in [6.45, 7) is 9.32. The molecule has 2 aliphatic rings. The molecule has 1 aliphatic heterocycles. The Hall–Kier alpha value is -0.610. The van der Waals surface area contributed by atoms with Crippen molar-refractivity contribution in [3.8, 4) is 0 Å². The van der Waals surface area contributed by atoms with Gasteiger partial charge in [0.05, 0.1) is 5.41 Å². The topological polar surface area (TPSA) is 67.2 Å². The third-order valence-corrected chi connectivity index (χ3v) is 4.96. The van der Waals surface area contributed by atoms with E-state index in [0.717, 1.165) is 38.5 Å². The molecule has 0 radical (unpaired) electrons. The van der Waals surface area contributed by atoms with Crippen LogP contribution in [0.3, 0.4) is 0 Å². The normalized spacial score (nSPS) is 28.2. The lowest BCUT2D eigenvalue weighted by atomic mass is 9.78. The van der Waals surface area contributed by atoms with Crippen molar-refractivity contribution in [2.24, 2.45) is 11.1 Å². The summed E-state index contributed by atoms with van der Waals surface area (Å²) in [7, 11) is 0. The van der Waals surface area contributed by atoms with Crippen molar-refractivity contribution in [3.05, 3.63) is 0 Å². The average molecular weight is 281 g/mol. The molecule has 4 nitrogen and oxygen atoms in total. The van der Waals surface area contributed by atoms with Crippen LogP contribution in [0.2, 0.25) is 0 Å². The molecule has 1 saturated carbocycles. The predicted octanol–water partition coefficient (Wildman–Crippen LogP) is 1.93. The maximum atomic E-state index is 12.7. The van der Waals surface area contributed by atoms with Crippen LogP contribution >= 0.6 is 0 Å². The molecule has 4 N–H and O–H groups in total. The number of nitrogens with one attached hydrogen (secondary N) is 2. The third-order valence-electron chi connectivity index (χ3n) is 4.96. The van der Waals surface area contributed by atoms with Gasteiger partial charge in [0.25, 0.3) is 0 Å². The number of nitrogens with two attached hydrogens (primary N) is 1. The molecule has 0 aromatic heterocycles.